The second kappa shape index (κ2) is 4.96. The number of phenols is 1. The lowest BCUT2D eigenvalue weighted by molar-refractivity contribution is 0.0632. The van der Waals surface area contributed by atoms with Gasteiger partial charge in [0.25, 0.3) is 5.91 Å². The van der Waals surface area contributed by atoms with E-state index in [1.165, 1.54) is 12.1 Å². The number of nitrogens with zero attached hydrogens (tertiary/aromatic N) is 1. The molecule has 0 aromatic heterocycles. The first kappa shape index (κ1) is 12.2. The molecular formula is C13H16ClNO2. The number of benzene rings is 1. The first-order valence-corrected chi connectivity index (χ1v) is 6.27. The lowest BCUT2D eigenvalue weighted by Crippen LogP contribution is -2.42. The van der Waals surface area contributed by atoms with Crippen LogP contribution in [0.3, 0.4) is 0 Å². The lowest BCUT2D eigenvalue weighted by Gasteiger charge is -2.33. The Morgan fingerprint density at radius 3 is 2.94 bits per heavy atom. The molecule has 0 bridgehead atoms. The van der Waals surface area contributed by atoms with Crippen molar-refractivity contribution in [3.63, 3.8) is 0 Å². The van der Waals surface area contributed by atoms with Crippen LogP contribution >= 0.6 is 11.6 Å². The van der Waals surface area contributed by atoms with E-state index in [9.17, 15) is 9.90 Å². The molecule has 1 N–H and O–H groups in total. The van der Waals surface area contributed by atoms with Crippen molar-refractivity contribution >= 4 is 17.5 Å². The molecule has 1 fully saturated rings. The number of phenolic OH excluding ortho intramolecular Hbond substituents is 1. The van der Waals surface area contributed by atoms with Crippen LogP contribution in [0.1, 0.15) is 36.5 Å². The van der Waals surface area contributed by atoms with Crippen molar-refractivity contribution < 1.29 is 9.90 Å². The van der Waals surface area contributed by atoms with Crippen LogP contribution < -0.4 is 0 Å². The quantitative estimate of drug-likeness (QED) is 0.836. The van der Waals surface area contributed by atoms with Gasteiger partial charge >= 0.3 is 0 Å². The van der Waals surface area contributed by atoms with E-state index >= 15 is 0 Å². The molecule has 1 atom stereocenters. The van der Waals surface area contributed by atoms with E-state index in [1.807, 2.05) is 11.8 Å². The van der Waals surface area contributed by atoms with Crippen LogP contribution in [-0.2, 0) is 0 Å². The molecule has 3 nitrogen and oxygen atoms in total. The van der Waals surface area contributed by atoms with Crippen molar-refractivity contribution in [3.05, 3.63) is 28.8 Å². The van der Waals surface area contributed by atoms with Crippen LogP contribution in [0, 0.1) is 0 Å². The van der Waals surface area contributed by atoms with Gasteiger partial charge in [-0.25, -0.2) is 0 Å². The summed E-state index contributed by atoms with van der Waals surface area (Å²) in [6.07, 6.45) is 3.21. The molecule has 4 heteroatoms. The van der Waals surface area contributed by atoms with Crippen LogP contribution in [0.4, 0.5) is 0 Å². The van der Waals surface area contributed by atoms with Crippen LogP contribution in [0.5, 0.6) is 5.75 Å². The van der Waals surface area contributed by atoms with Crippen LogP contribution in [0.15, 0.2) is 18.2 Å². The predicted molar refractivity (Wildman–Crippen MR) is 67.5 cm³/mol. The van der Waals surface area contributed by atoms with Gasteiger partial charge in [-0.05, 0) is 44.4 Å². The molecule has 1 aliphatic rings. The Hall–Kier alpha value is -1.22. The highest BCUT2D eigenvalue weighted by molar-refractivity contribution is 6.31. The van der Waals surface area contributed by atoms with Crippen molar-refractivity contribution in [2.24, 2.45) is 0 Å². The van der Waals surface area contributed by atoms with E-state index < -0.39 is 0 Å². The second-order valence-electron chi connectivity index (χ2n) is 4.50. The summed E-state index contributed by atoms with van der Waals surface area (Å²) in [5.74, 6) is -0.130. The Labute approximate surface area is 106 Å². The molecule has 0 spiro atoms. The summed E-state index contributed by atoms with van der Waals surface area (Å²) >= 11 is 5.85. The molecule has 1 aromatic carbocycles. The minimum Gasteiger partial charge on any atom is -0.507 e. The summed E-state index contributed by atoms with van der Waals surface area (Å²) in [6, 6.07) is 4.80. The molecule has 1 heterocycles. The highest BCUT2D eigenvalue weighted by Crippen LogP contribution is 2.26. The minimum atomic E-state index is -0.128. The number of aromatic hydroxyl groups is 1. The SMILES string of the molecule is CC1CCCCN1C(=O)c1cc(Cl)ccc1O. The summed E-state index contributed by atoms with van der Waals surface area (Å²) in [7, 11) is 0. The molecule has 0 saturated carbocycles. The van der Waals surface area contributed by atoms with Gasteiger partial charge < -0.3 is 10.0 Å². The van der Waals surface area contributed by atoms with E-state index in [0.29, 0.717) is 10.6 Å². The summed E-state index contributed by atoms with van der Waals surface area (Å²) in [4.78, 5) is 14.1. The molecule has 17 heavy (non-hydrogen) atoms. The molecule has 1 saturated heterocycles. The average Bonchev–Trinajstić information content (AvgIpc) is 2.32. The van der Waals surface area contributed by atoms with Gasteiger partial charge in [0.15, 0.2) is 0 Å². The van der Waals surface area contributed by atoms with Gasteiger partial charge in [0.05, 0.1) is 5.56 Å². The zero-order chi connectivity index (χ0) is 12.4. The lowest BCUT2D eigenvalue weighted by atomic mass is 10.0. The molecule has 0 radical (unpaired) electrons. The second-order valence-corrected chi connectivity index (χ2v) is 4.94. The number of halogens is 1. The summed E-state index contributed by atoms with van der Waals surface area (Å²) in [5, 5.41) is 10.2. The number of likely N-dealkylation sites (tertiary alicyclic amines) is 1. The number of hydrogen-bond donors (Lipinski definition) is 1. The van der Waals surface area contributed by atoms with Crippen LogP contribution in [0.25, 0.3) is 0 Å². The van der Waals surface area contributed by atoms with Gasteiger partial charge in [-0.2, -0.15) is 0 Å². The summed E-state index contributed by atoms with van der Waals surface area (Å²) in [6.45, 7) is 2.80. The number of carbonyl (C=O) groups excluding carboxylic acids is 1. The number of amides is 1. The molecule has 0 aliphatic carbocycles. The Bertz CT molecular complexity index is 433. The molecular weight excluding hydrogens is 238 g/mol. The van der Waals surface area contributed by atoms with Crippen molar-refractivity contribution in [2.75, 3.05) is 6.54 Å². The molecule has 1 aromatic rings. The van der Waals surface area contributed by atoms with Gasteiger partial charge in [0.1, 0.15) is 5.75 Å². The minimum absolute atomic E-state index is 0.00262. The van der Waals surface area contributed by atoms with E-state index in [0.717, 1.165) is 25.8 Å². The van der Waals surface area contributed by atoms with E-state index in [4.69, 9.17) is 11.6 Å². The monoisotopic (exact) mass is 253 g/mol. The highest BCUT2D eigenvalue weighted by Gasteiger charge is 2.25. The van der Waals surface area contributed by atoms with Crippen molar-refractivity contribution in [1.82, 2.24) is 4.90 Å². The normalized spacial score (nSPS) is 20.4. The van der Waals surface area contributed by atoms with Crippen LogP contribution in [0.2, 0.25) is 5.02 Å². The smallest absolute Gasteiger partial charge is 0.257 e. The fourth-order valence-electron chi connectivity index (χ4n) is 2.23. The highest BCUT2D eigenvalue weighted by atomic mass is 35.5. The topological polar surface area (TPSA) is 40.5 Å². The van der Waals surface area contributed by atoms with Gasteiger partial charge in [-0.1, -0.05) is 11.6 Å². The number of rotatable bonds is 1. The third kappa shape index (κ3) is 2.55. The number of piperidine rings is 1. The Balaban J connectivity index is 2.26. The van der Waals surface area contributed by atoms with Crippen LogP contribution in [-0.4, -0.2) is 28.5 Å². The van der Waals surface area contributed by atoms with Crippen molar-refractivity contribution in [2.45, 2.75) is 32.2 Å². The molecule has 1 amide bonds. The fraction of sp³-hybridized carbons (Fsp3) is 0.462. The van der Waals surface area contributed by atoms with Gasteiger partial charge in [0, 0.05) is 17.6 Å². The van der Waals surface area contributed by atoms with Crippen molar-refractivity contribution in [1.29, 1.82) is 0 Å². The first-order chi connectivity index (χ1) is 8.09. The maximum Gasteiger partial charge on any atom is 0.257 e. The van der Waals surface area contributed by atoms with Gasteiger partial charge in [-0.15, -0.1) is 0 Å². The molecule has 92 valence electrons. The van der Waals surface area contributed by atoms with E-state index in [1.54, 1.807) is 6.07 Å². The Morgan fingerprint density at radius 2 is 2.24 bits per heavy atom. The number of hydrogen-bond acceptors (Lipinski definition) is 2. The number of carbonyl (C=O) groups is 1. The standard InChI is InChI=1S/C13H16ClNO2/c1-9-4-2-3-7-15(9)13(17)11-8-10(14)5-6-12(11)16/h5-6,8-9,16H,2-4,7H2,1H3. The van der Waals surface area contributed by atoms with E-state index in [2.05, 4.69) is 0 Å². The predicted octanol–water partition coefficient (Wildman–Crippen LogP) is 3.06. The largest absolute Gasteiger partial charge is 0.507 e. The molecule has 1 aliphatic heterocycles. The van der Waals surface area contributed by atoms with Crippen molar-refractivity contribution in [3.8, 4) is 5.75 Å². The van der Waals surface area contributed by atoms with Gasteiger partial charge in [-0.3, -0.25) is 4.79 Å². The third-order valence-electron chi connectivity index (χ3n) is 3.25. The van der Waals surface area contributed by atoms with E-state index in [-0.39, 0.29) is 17.7 Å². The summed E-state index contributed by atoms with van der Waals surface area (Å²) in [5.41, 5.74) is 0.297. The maximum atomic E-state index is 12.3. The summed E-state index contributed by atoms with van der Waals surface area (Å²) < 4.78 is 0. The maximum absolute atomic E-state index is 12.3. The fourth-order valence-corrected chi connectivity index (χ4v) is 2.41. The van der Waals surface area contributed by atoms with Gasteiger partial charge in [0.2, 0.25) is 0 Å². The Kier molecular flexibility index (Phi) is 3.57. The zero-order valence-corrected chi connectivity index (χ0v) is 10.6. The zero-order valence-electron chi connectivity index (χ0n) is 9.82. The average molecular weight is 254 g/mol. The molecule has 1 unspecified atom stereocenters. The first-order valence-electron chi connectivity index (χ1n) is 5.89. The third-order valence-corrected chi connectivity index (χ3v) is 3.49. The molecule has 2 rings (SSSR count). The Morgan fingerprint density at radius 1 is 1.47 bits per heavy atom.